The molecule has 0 aliphatic heterocycles. The van der Waals surface area contributed by atoms with Crippen LogP contribution in [0.15, 0.2) is 0 Å². The monoisotopic (exact) mass is 1400 g/mol. The number of unbranched alkanes of at least 4 members (excludes halogenated alkanes) is 48. The molecule has 0 spiro atoms. The van der Waals surface area contributed by atoms with Gasteiger partial charge in [0.2, 0.25) is 0 Å². The average molecular weight is 1400 g/mol. The van der Waals surface area contributed by atoms with Crippen LogP contribution in [0.5, 0.6) is 0 Å². The summed E-state index contributed by atoms with van der Waals surface area (Å²) in [6, 6.07) is 0. The van der Waals surface area contributed by atoms with Gasteiger partial charge in [0, 0.05) is 25.7 Å². The zero-order valence-electron chi connectivity index (χ0n) is 61.8. The summed E-state index contributed by atoms with van der Waals surface area (Å²) < 4.78 is 68.4. The Morgan fingerprint density at radius 2 is 0.484 bits per heavy atom. The van der Waals surface area contributed by atoms with Crippen molar-refractivity contribution in [3.8, 4) is 0 Å². The number of carbonyl (C=O) groups excluding carboxylic acids is 4. The van der Waals surface area contributed by atoms with Gasteiger partial charge in [0.1, 0.15) is 19.3 Å². The van der Waals surface area contributed by atoms with Crippen molar-refractivity contribution in [2.75, 3.05) is 39.6 Å². The lowest BCUT2D eigenvalue weighted by Gasteiger charge is -2.21. The first kappa shape index (κ1) is 93.1. The van der Waals surface area contributed by atoms with Crippen LogP contribution in [-0.4, -0.2) is 96.7 Å². The molecule has 2 unspecified atom stereocenters. The van der Waals surface area contributed by atoms with Crippen LogP contribution in [0.4, 0.5) is 0 Å². The average Bonchev–Trinajstić information content (AvgIpc) is 1.43. The number of phosphoric ester groups is 2. The molecule has 0 aromatic rings. The highest BCUT2D eigenvalue weighted by Gasteiger charge is 2.30. The van der Waals surface area contributed by atoms with Crippen LogP contribution in [0.1, 0.15) is 401 Å². The Morgan fingerprint density at radius 3 is 0.716 bits per heavy atom. The van der Waals surface area contributed by atoms with Crippen LogP contribution < -0.4 is 0 Å². The van der Waals surface area contributed by atoms with Gasteiger partial charge in [-0.2, -0.15) is 0 Å². The van der Waals surface area contributed by atoms with Gasteiger partial charge in [-0.05, 0) is 31.6 Å². The maximum atomic E-state index is 13.1. The van der Waals surface area contributed by atoms with E-state index in [-0.39, 0.29) is 25.7 Å². The fourth-order valence-electron chi connectivity index (χ4n) is 11.7. The lowest BCUT2D eigenvalue weighted by Crippen LogP contribution is -2.30. The predicted molar refractivity (Wildman–Crippen MR) is 386 cm³/mol. The molecule has 95 heavy (non-hydrogen) atoms. The predicted octanol–water partition coefficient (Wildman–Crippen LogP) is 22.5. The molecule has 0 rings (SSSR count). The van der Waals surface area contributed by atoms with E-state index in [1.54, 1.807) is 0 Å². The molecule has 0 aromatic heterocycles. The molecule has 19 heteroatoms. The molecular formula is C76H148O17P2. The second-order valence-electron chi connectivity index (χ2n) is 27.9. The lowest BCUT2D eigenvalue weighted by atomic mass is 10.0. The smallest absolute Gasteiger partial charge is 0.462 e. The van der Waals surface area contributed by atoms with Crippen LogP contribution in [0.2, 0.25) is 0 Å². The van der Waals surface area contributed by atoms with Crippen LogP contribution >= 0.6 is 15.6 Å². The van der Waals surface area contributed by atoms with Gasteiger partial charge in [-0.25, -0.2) is 9.13 Å². The minimum absolute atomic E-state index is 0.103. The van der Waals surface area contributed by atoms with E-state index in [1.807, 2.05) is 0 Å². The summed E-state index contributed by atoms with van der Waals surface area (Å²) in [5.41, 5.74) is 0. The molecule has 0 aliphatic carbocycles. The third-order valence-corrected chi connectivity index (χ3v) is 19.7. The Kier molecular flexibility index (Phi) is 67.7. The zero-order chi connectivity index (χ0) is 69.8. The van der Waals surface area contributed by atoms with E-state index < -0.39 is 97.5 Å². The first-order valence-corrected chi connectivity index (χ1v) is 42.6. The molecule has 0 heterocycles. The molecule has 5 atom stereocenters. The Labute approximate surface area is 581 Å². The molecule has 0 bridgehead atoms. The number of hydrogen-bond acceptors (Lipinski definition) is 15. The molecule has 0 fully saturated rings. The molecule has 0 saturated carbocycles. The van der Waals surface area contributed by atoms with Crippen molar-refractivity contribution < 1.29 is 80.2 Å². The second kappa shape index (κ2) is 69.2. The number of esters is 4. The molecular weight excluding hydrogens is 1250 g/mol. The summed E-state index contributed by atoms with van der Waals surface area (Å²) in [5.74, 6) is -1.45. The van der Waals surface area contributed by atoms with Gasteiger partial charge in [-0.15, -0.1) is 0 Å². The van der Waals surface area contributed by atoms with E-state index in [0.29, 0.717) is 31.6 Å². The summed E-state index contributed by atoms with van der Waals surface area (Å²) in [4.78, 5) is 72.7. The summed E-state index contributed by atoms with van der Waals surface area (Å²) in [7, 11) is -9.90. The third-order valence-electron chi connectivity index (χ3n) is 17.8. The van der Waals surface area contributed by atoms with Crippen molar-refractivity contribution in [3.63, 3.8) is 0 Å². The largest absolute Gasteiger partial charge is 0.472 e. The molecule has 0 amide bonds. The van der Waals surface area contributed by atoms with Gasteiger partial charge in [-0.3, -0.25) is 37.3 Å². The van der Waals surface area contributed by atoms with Crippen molar-refractivity contribution in [2.45, 2.75) is 419 Å². The summed E-state index contributed by atoms with van der Waals surface area (Å²) in [6.45, 7) is 7.18. The van der Waals surface area contributed by atoms with Gasteiger partial charge >= 0.3 is 39.5 Å². The number of hydrogen-bond donors (Lipinski definition) is 3. The molecule has 0 radical (unpaired) electrons. The number of carbonyl (C=O) groups is 4. The highest BCUT2D eigenvalue weighted by atomic mass is 31.2. The van der Waals surface area contributed by atoms with Crippen LogP contribution in [0.3, 0.4) is 0 Å². The van der Waals surface area contributed by atoms with Crippen molar-refractivity contribution >= 4 is 39.5 Å². The van der Waals surface area contributed by atoms with Gasteiger partial charge in [0.25, 0.3) is 0 Å². The fraction of sp³-hybridized carbons (Fsp3) is 0.947. The summed E-state index contributed by atoms with van der Waals surface area (Å²) >= 11 is 0. The van der Waals surface area contributed by atoms with Crippen molar-refractivity contribution in [1.82, 2.24) is 0 Å². The minimum atomic E-state index is -4.96. The van der Waals surface area contributed by atoms with Gasteiger partial charge in [0.15, 0.2) is 12.2 Å². The number of rotatable bonds is 76. The second-order valence-corrected chi connectivity index (χ2v) is 30.8. The molecule has 0 saturated heterocycles. The van der Waals surface area contributed by atoms with E-state index >= 15 is 0 Å². The normalized spacial score (nSPS) is 13.9. The molecule has 0 aromatic carbocycles. The van der Waals surface area contributed by atoms with Crippen LogP contribution in [-0.2, 0) is 65.4 Å². The molecule has 3 N–H and O–H groups in total. The van der Waals surface area contributed by atoms with Crippen molar-refractivity contribution in [1.29, 1.82) is 0 Å². The standard InChI is InChI=1S/C76H148O17P2/c1-6-9-12-15-18-21-23-25-27-29-30-31-33-35-37-39-42-45-51-56-61-75(80)92-71(65-87-74(79)60-55-50-44-41-38-36-34-32-28-26-24-22-19-16-13-10-7-2)67-90-94(82,83)88-63-70(77)64-89-95(84,85)91-68-72(93-76(81)62-57-52-47-46-48-53-58-69(4)5)66-86-73(78)59-54-49-43-40-20-17-14-11-8-3/h69-72,77H,6-68H2,1-5H3,(H,82,83)(H,84,85)/t70-,71-,72-/m1/s1. The topological polar surface area (TPSA) is 237 Å². The van der Waals surface area contributed by atoms with Crippen LogP contribution in [0.25, 0.3) is 0 Å². The van der Waals surface area contributed by atoms with Gasteiger partial charge < -0.3 is 33.8 Å². The first-order chi connectivity index (χ1) is 46.0. The lowest BCUT2D eigenvalue weighted by molar-refractivity contribution is -0.161. The van der Waals surface area contributed by atoms with E-state index in [4.69, 9.17) is 37.0 Å². The number of aliphatic hydroxyl groups is 1. The van der Waals surface area contributed by atoms with Gasteiger partial charge in [-0.1, -0.05) is 349 Å². The van der Waals surface area contributed by atoms with E-state index in [0.717, 1.165) is 89.9 Å². The molecule has 564 valence electrons. The van der Waals surface area contributed by atoms with E-state index in [1.165, 1.54) is 225 Å². The van der Waals surface area contributed by atoms with Gasteiger partial charge in [0.05, 0.1) is 26.4 Å². The quantitative estimate of drug-likeness (QED) is 0.0222. The fourth-order valence-corrected chi connectivity index (χ4v) is 13.3. The van der Waals surface area contributed by atoms with E-state index in [2.05, 4.69) is 34.6 Å². The summed E-state index contributed by atoms with van der Waals surface area (Å²) in [5, 5.41) is 10.6. The minimum Gasteiger partial charge on any atom is -0.462 e. The van der Waals surface area contributed by atoms with Crippen molar-refractivity contribution in [3.05, 3.63) is 0 Å². The van der Waals surface area contributed by atoms with E-state index in [9.17, 15) is 43.2 Å². The highest BCUT2D eigenvalue weighted by molar-refractivity contribution is 7.47. The first-order valence-electron chi connectivity index (χ1n) is 39.6. The molecule has 0 aliphatic rings. The third kappa shape index (κ3) is 70.3. The maximum Gasteiger partial charge on any atom is 0.472 e. The highest BCUT2D eigenvalue weighted by Crippen LogP contribution is 2.45. The number of phosphoric acid groups is 2. The maximum absolute atomic E-state index is 13.1. The van der Waals surface area contributed by atoms with Crippen LogP contribution in [0, 0.1) is 5.92 Å². The number of aliphatic hydroxyl groups excluding tert-OH is 1. The zero-order valence-corrected chi connectivity index (χ0v) is 63.6. The number of ether oxygens (including phenoxy) is 4. The van der Waals surface area contributed by atoms with Crippen molar-refractivity contribution in [2.24, 2.45) is 5.92 Å². The Balaban J connectivity index is 5.17. The SMILES string of the molecule is CCCCCCCCCCCCCCCCCCCCCCC(=O)O[C@H](COC(=O)CCCCCCCCCCCCCCCCCCC)COP(=O)(O)OC[C@@H](O)COP(=O)(O)OC[C@@H](COC(=O)CCCCCCCCCCC)OC(=O)CCCCCCCCC(C)C. The molecule has 17 nitrogen and oxygen atoms in total. The Bertz CT molecular complexity index is 1820. The Morgan fingerprint density at radius 1 is 0.284 bits per heavy atom. The summed E-state index contributed by atoms with van der Waals surface area (Å²) in [6.07, 6.45) is 58.6. The Hall–Kier alpha value is -1.94.